The summed E-state index contributed by atoms with van der Waals surface area (Å²) in [5, 5.41) is 11.4. The number of hydrogen-bond donors (Lipinski definition) is 2. The van der Waals surface area contributed by atoms with E-state index in [1.807, 2.05) is 24.3 Å². The van der Waals surface area contributed by atoms with Gasteiger partial charge in [-0.05, 0) is 24.0 Å². The van der Waals surface area contributed by atoms with Gasteiger partial charge in [0.15, 0.2) is 6.61 Å². The van der Waals surface area contributed by atoms with Crippen LogP contribution in [-0.4, -0.2) is 30.1 Å². The molecule has 0 heterocycles. The number of carboxylic acid groups (broad SMARTS) is 1. The van der Waals surface area contributed by atoms with Gasteiger partial charge in [0, 0.05) is 6.54 Å². The maximum Gasteiger partial charge on any atom is 0.306 e. The Morgan fingerprint density at radius 1 is 1.24 bits per heavy atom. The summed E-state index contributed by atoms with van der Waals surface area (Å²) in [6.07, 6.45) is 0.406. The van der Waals surface area contributed by atoms with E-state index in [4.69, 9.17) is 9.84 Å². The molecule has 0 saturated carbocycles. The van der Waals surface area contributed by atoms with Crippen molar-refractivity contribution in [1.29, 1.82) is 0 Å². The summed E-state index contributed by atoms with van der Waals surface area (Å²) >= 11 is 0. The minimum Gasteiger partial charge on any atom is -0.483 e. The van der Waals surface area contributed by atoms with Crippen molar-refractivity contribution < 1.29 is 19.4 Å². The van der Waals surface area contributed by atoms with Crippen molar-refractivity contribution in [3.63, 3.8) is 0 Å². The van der Waals surface area contributed by atoms with Crippen LogP contribution in [0, 0.1) is 5.92 Å². The van der Waals surface area contributed by atoms with Crippen LogP contribution < -0.4 is 10.1 Å². The Morgan fingerprint density at radius 3 is 2.52 bits per heavy atom. The second-order valence-corrected chi connectivity index (χ2v) is 5.36. The van der Waals surface area contributed by atoms with E-state index in [1.54, 1.807) is 6.92 Å². The summed E-state index contributed by atoms with van der Waals surface area (Å²) < 4.78 is 5.54. The van der Waals surface area contributed by atoms with Gasteiger partial charge < -0.3 is 15.2 Å². The molecule has 5 heteroatoms. The van der Waals surface area contributed by atoms with Crippen LogP contribution in [0.5, 0.6) is 5.75 Å². The van der Waals surface area contributed by atoms with Crippen molar-refractivity contribution in [2.45, 2.75) is 33.1 Å². The van der Waals surface area contributed by atoms with E-state index in [9.17, 15) is 9.59 Å². The molecular formula is C16H23NO4. The standard InChI is InChI=1S/C16H23NO4/c1-11(2)13-6-4-5-7-14(13)21-10-15(18)17-9-8-12(3)16(19)20/h4-7,11-12H,8-10H2,1-3H3,(H,17,18)(H,19,20). The molecule has 0 aromatic heterocycles. The molecule has 0 radical (unpaired) electrons. The first-order valence-electron chi connectivity index (χ1n) is 7.13. The Hall–Kier alpha value is -2.04. The highest BCUT2D eigenvalue weighted by Crippen LogP contribution is 2.25. The fraction of sp³-hybridized carbons (Fsp3) is 0.500. The van der Waals surface area contributed by atoms with Gasteiger partial charge in [-0.3, -0.25) is 9.59 Å². The van der Waals surface area contributed by atoms with Gasteiger partial charge in [0.25, 0.3) is 5.91 Å². The number of ether oxygens (including phenoxy) is 1. The lowest BCUT2D eigenvalue weighted by molar-refractivity contribution is -0.141. The molecular weight excluding hydrogens is 270 g/mol. The first kappa shape index (κ1) is 17.0. The number of rotatable bonds is 8. The molecule has 0 aliphatic carbocycles. The smallest absolute Gasteiger partial charge is 0.306 e. The van der Waals surface area contributed by atoms with Gasteiger partial charge in [-0.15, -0.1) is 0 Å². The first-order chi connectivity index (χ1) is 9.91. The molecule has 1 unspecified atom stereocenters. The van der Waals surface area contributed by atoms with E-state index in [0.717, 1.165) is 5.56 Å². The molecule has 1 rings (SSSR count). The van der Waals surface area contributed by atoms with Crippen LogP contribution in [0.2, 0.25) is 0 Å². The largest absolute Gasteiger partial charge is 0.483 e. The van der Waals surface area contributed by atoms with Gasteiger partial charge in [0.05, 0.1) is 5.92 Å². The van der Waals surface area contributed by atoms with Gasteiger partial charge in [-0.1, -0.05) is 39.0 Å². The molecule has 0 aliphatic heterocycles. The Kier molecular flexibility index (Phi) is 6.72. The quantitative estimate of drug-likeness (QED) is 0.772. The summed E-state index contributed by atoms with van der Waals surface area (Å²) in [4.78, 5) is 22.3. The predicted molar refractivity (Wildman–Crippen MR) is 80.5 cm³/mol. The fourth-order valence-electron chi connectivity index (χ4n) is 1.83. The number of carboxylic acids is 1. The maximum absolute atomic E-state index is 11.7. The Bertz CT molecular complexity index is 485. The lowest BCUT2D eigenvalue weighted by Crippen LogP contribution is -2.31. The third kappa shape index (κ3) is 5.85. The number of hydrogen-bond acceptors (Lipinski definition) is 3. The van der Waals surface area contributed by atoms with E-state index in [2.05, 4.69) is 19.2 Å². The molecule has 5 nitrogen and oxygen atoms in total. The molecule has 0 saturated heterocycles. The second-order valence-electron chi connectivity index (χ2n) is 5.36. The van der Waals surface area contributed by atoms with Crippen molar-refractivity contribution in [1.82, 2.24) is 5.32 Å². The SMILES string of the molecule is CC(CCNC(=O)COc1ccccc1C(C)C)C(=O)O. The fourth-order valence-corrected chi connectivity index (χ4v) is 1.83. The summed E-state index contributed by atoms with van der Waals surface area (Å²) in [6, 6.07) is 7.63. The van der Waals surface area contributed by atoms with Gasteiger partial charge in [-0.25, -0.2) is 0 Å². The summed E-state index contributed by atoms with van der Waals surface area (Å²) in [6.45, 7) is 6.02. The van der Waals surface area contributed by atoms with Crippen LogP contribution in [0.4, 0.5) is 0 Å². The number of para-hydroxylation sites is 1. The number of benzene rings is 1. The van der Waals surface area contributed by atoms with Crippen LogP contribution in [0.3, 0.4) is 0 Å². The molecule has 1 atom stereocenters. The van der Waals surface area contributed by atoms with Crippen molar-refractivity contribution in [2.75, 3.05) is 13.2 Å². The number of aliphatic carboxylic acids is 1. The van der Waals surface area contributed by atoms with Crippen molar-refractivity contribution >= 4 is 11.9 Å². The normalized spacial score (nSPS) is 12.0. The Balaban J connectivity index is 2.38. The zero-order chi connectivity index (χ0) is 15.8. The van der Waals surface area contributed by atoms with E-state index < -0.39 is 11.9 Å². The maximum atomic E-state index is 11.7. The molecule has 1 aromatic carbocycles. The minimum absolute atomic E-state index is 0.0643. The van der Waals surface area contributed by atoms with Gasteiger partial charge in [-0.2, -0.15) is 0 Å². The van der Waals surface area contributed by atoms with Crippen LogP contribution >= 0.6 is 0 Å². The number of carbonyl (C=O) groups excluding carboxylic acids is 1. The first-order valence-corrected chi connectivity index (χ1v) is 7.13. The van der Waals surface area contributed by atoms with Crippen LogP contribution in [0.15, 0.2) is 24.3 Å². The predicted octanol–water partition coefficient (Wildman–Crippen LogP) is 2.42. The lowest BCUT2D eigenvalue weighted by Gasteiger charge is -2.14. The monoisotopic (exact) mass is 293 g/mol. The van der Waals surface area contributed by atoms with E-state index >= 15 is 0 Å². The average Bonchev–Trinajstić information content (AvgIpc) is 2.45. The number of nitrogens with one attached hydrogen (secondary N) is 1. The Labute approximate surface area is 125 Å². The second kappa shape index (κ2) is 8.29. The topological polar surface area (TPSA) is 75.6 Å². The highest BCUT2D eigenvalue weighted by atomic mass is 16.5. The van der Waals surface area contributed by atoms with Crippen LogP contribution in [0.25, 0.3) is 0 Å². The molecule has 1 aromatic rings. The van der Waals surface area contributed by atoms with Crippen molar-refractivity contribution in [3.05, 3.63) is 29.8 Å². The number of carbonyl (C=O) groups is 2. The molecule has 21 heavy (non-hydrogen) atoms. The third-order valence-electron chi connectivity index (χ3n) is 3.22. The van der Waals surface area contributed by atoms with E-state index in [1.165, 1.54) is 0 Å². The van der Waals surface area contributed by atoms with E-state index in [0.29, 0.717) is 24.6 Å². The highest BCUT2D eigenvalue weighted by Gasteiger charge is 2.12. The molecule has 2 N–H and O–H groups in total. The Morgan fingerprint density at radius 2 is 1.90 bits per heavy atom. The van der Waals surface area contributed by atoms with Gasteiger partial charge in [0.2, 0.25) is 0 Å². The van der Waals surface area contributed by atoms with Gasteiger partial charge in [0.1, 0.15) is 5.75 Å². The summed E-state index contributed by atoms with van der Waals surface area (Å²) in [7, 11) is 0. The average molecular weight is 293 g/mol. The minimum atomic E-state index is -0.855. The van der Waals surface area contributed by atoms with Crippen molar-refractivity contribution in [3.8, 4) is 5.75 Å². The molecule has 0 fully saturated rings. The zero-order valence-electron chi connectivity index (χ0n) is 12.8. The number of amides is 1. The molecule has 0 spiro atoms. The molecule has 116 valence electrons. The van der Waals surface area contributed by atoms with Gasteiger partial charge >= 0.3 is 5.97 Å². The van der Waals surface area contributed by atoms with Crippen molar-refractivity contribution in [2.24, 2.45) is 5.92 Å². The highest BCUT2D eigenvalue weighted by molar-refractivity contribution is 5.77. The molecule has 0 aliphatic rings. The molecule has 0 bridgehead atoms. The lowest BCUT2D eigenvalue weighted by atomic mass is 10.0. The third-order valence-corrected chi connectivity index (χ3v) is 3.22. The van der Waals surface area contributed by atoms with E-state index in [-0.39, 0.29) is 12.5 Å². The van der Waals surface area contributed by atoms with Crippen LogP contribution in [0.1, 0.15) is 38.7 Å². The zero-order valence-corrected chi connectivity index (χ0v) is 12.8. The van der Waals surface area contributed by atoms with Crippen LogP contribution in [-0.2, 0) is 9.59 Å². The summed E-state index contributed by atoms with van der Waals surface area (Å²) in [5.74, 6) is -0.535. The summed E-state index contributed by atoms with van der Waals surface area (Å²) in [5.41, 5.74) is 1.06. The molecule has 1 amide bonds.